The summed E-state index contributed by atoms with van der Waals surface area (Å²) in [5.74, 6) is -2.52. The molecule has 19 heavy (non-hydrogen) atoms. The fourth-order valence-corrected chi connectivity index (χ4v) is 2.13. The summed E-state index contributed by atoms with van der Waals surface area (Å²) in [5.41, 5.74) is -2.63. The monoisotopic (exact) mass is 344 g/mol. The third-order valence-electron chi connectivity index (χ3n) is 2.64. The second kappa shape index (κ2) is 7.77. The van der Waals surface area contributed by atoms with E-state index in [4.69, 9.17) is 0 Å². The number of carbonyl (C=O) groups is 2. The topological polar surface area (TPSA) is 52.6 Å². The van der Waals surface area contributed by atoms with Crippen molar-refractivity contribution in [1.82, 2.24) is 0 Å². The molecule has 0 rings (SSSR count). The van der Waals surface area contributed by atoms with Crippen LogP contribution in [0.4, 0.5) is 8.78 Å². The van der Waals surface area contributed by atoms with Crippen molar-refractivity contribution in [2.75, 3.05) is 13.2 Å². The van der Waals surface area contributed by atoms with Crippen molar-refractivity contribution >= 4 is 27.9 Å². The van der Waals surface area contributed by atoms with E-state index in [1.807, 2.05) is 0 Å². The Morgan fingerprint density at radius 3 is 1.74 bits per heavy atom. The van der Waals surface area contributed by atoms with E-state index < -0.39 is 22.2 Å². The summed E-state index contributed by atoms with van der Waals surface area (Å²) in [7, 11) is 0. The predicted molar refractivity (Wildman–Crippen MR) is 69.1 cm³/mol. The molecule has 0 aliphatic heterocycles. The van der Waals surface area contributed by atoms with E-state index in [0.717, 1.165) is 0 Å². The van der Waals surface area contributed by atoms with Crippen LogP contribution in [0.3, 0.4) is 0 Å². The van der Waals surface area contributed by atoms with Gasteiger partial charge in [-0.1, -0.05) is 19.8 Å². The van der Waals surface area contributed by atoms with Crippen molar-refractivity contribution in [2.24, 2.45) is 5.41 Å². The van der Waals surface area contributed by atoms with Crippen molar-refractivity contribution < 1.29 is 27.8 Å². The highest BCUT2D eigenvalue weighted by Crippen LogP contribution is 2.47. The van der Waals surface area contributed by atoms with Gasteiger partial charge in [0.1, 0.15) is 0 Å². The Kier molecular flexibility index (Phi) is 7.47. The first-order valence-corrected chi connectivity index (χ1v) is 6.98. The van der Waals surface area contributed by atoms with Gasteiger partial charge in [0.25, 0.3) is 0 Å². The molecule has 0 saturated heterocycles. The summed E-state index contributed by atoms with van der Waals surface area (Å²) in [6.07, 6.45) is 0.502. The summed E-state index contributed by atoms with van der Waals surface area (Å²) < 4.78 is 37.0. The number of unbranched alkanes of at least 4 members (excludes halogenated alkanes) is 1. The van der Waals surface area contributed by atoms with Crippen molar-refractivity contribution in [3.05, 3.63) is 0 Å². The van der Waals surface area contributed by atoms with Crippen molar-refractivity contribution in [3.63, 3.8) is 0 Å². The van der Waals surface area contributed by atoms with E-state index in [0.29, 0.717) is 6.42 Å². The molecule has 0 fully saturated rings. The molecule has 0 unspecified atom stereocenters. The molecule has 0 aromatic carbocycles. The number of ether oxygens (including phenoxy) is 2. The molecule has 0 amide bonds. The van der Waals surface area contributed by atoms with Crippen LogP contribution in [0.25, 0.3) is 0 Å². The molecule has 0 aliphatic carbocycles. The third kappa shape index (κ3) is 4.12. The lowest BCUT2D eigenvalue weighted by molar-refractivity contribution is -0.188. The van der Waals surface area contributed by atoms with E-state index in [9.17, 15) is 18.4 Å². The van der Waals surface area contributed by atoms with Gasteiger partial charge in [0.15, 0.2) is 0 Å². The summed E-state index contributed by atoms with van der Waals surface area (Å²) in [5, 5.41) is 0. The van der Waals surface area contributed by atoms with E-state index in [1.54, 1.807) is 6.92 Å². The number of halogens is 3. The maximum absolute atomic E-state index is 13.8. The van der Waals surface area contributed by atoms with Gasteiger partial charge >= 0.3 is 16.8 Å². The Hall–Kier alpha value is -0.720. The van der Waals surface area contributed by atoms with Gasteiger partial charge in [-0.05, 0) is 36.2 Å². The largest absolute Gasteiger partial charge is 0.465 e. The average Bonchev–Trinajstić information content (AvgIpc) is 2.28. The second-order valence-corrected chi connectivity index (χ2v) is 4.94. The van der Waals surface area contributed by atoms with Gasteiger partial charge in [0.05, 0.1) is 13.2 Å². The molecule has 0 N–H and O–H groups in total. The van der Waals surface area contributed by atoms with Crippen molar-refractivity contribution in [3.8, 4) is 0 Å². The first kappa shape index (κ1) is 18.3. The van der Waals surface area contributed by atoms with E-state index in [1.165, 1.54) is 13.8 Å². The first-order valence-electron chi connectivity index (χ1n) is 6.19. The predicted octanol–water partition coefficient (Wildman–Crippen LogP) is 3.28. The van der Waals surface area contributed by atoms with Crippen LogP contribution < -0.4 is 0 Å². The molecule has 0 heterocycles. The van der Waals surface area contributed by atoms with Crippen LogP contribution in [0.1, 0.15) is 40.0 Å². The van der Waals surface area contributed by atoms with E-state index >= 15 is 0 Å². The van der Waals surface area contributed by atoms with Crippen LogP contribution in [-0.4, -0.2) is 30.0 Å². The molecule has 0 radical (unpaired) electrons. The third-order valence-corrected chi connectivity index (χ3v) is 3.31. The lowest BCUT2D eigenvalue weighted by Crippen LogP contribution is -2.52. The molecule has 112 valence electrons. The van der Waals surface area contributed by atoms with Gasteiger partial charge in [-0.2, -0.15) is 8.78 Å². The summed E-state index contributed by atoms with van der Waals surface area (Å²) >= 11 is 2.14. The Bertz CT molecular complexity index is 297. The zero-order valence-electron chi connectivity index (χ0n) is 11.3. The van der Waals surface area contributed by atoms with Gasteiger partial charge in [-0.15, -0.1) is 0 Å². The first-order chi connectivity index (χ1) is 8.77. The van der Waals surface area contributed by atoms with Crippen LogP contribution >= 0.6 is 15.9 Å². The highest BCUT2D eigenvalue weighted by Gasteiger charge is 2.65. The fourth-order valence-electron chi connectivity index (χ4n) is 1.61. The Morgan fingerprint density at radius 1 is 1.05 bits per heavy atom. The van der Waals surface area contributed by atoms with Crippen LogP contribution in [0, 0.1) is 5.41 Å². The molecule has 0 aromatic heterocycles. The smallest absolute Gasteiger partial charge is 0.330 e. The number of esters is 2. The number of hydrogen-bond donors (Lipinski definition) is 0. The van der Waals surface area contributed by atoms with Gasteiger partial charge in [-0.3, -0.25) is 9.59 Å². The van der Waals surface area contributed by atoms with Crippen molar-refractivity contribution in [1.29, 1.82) is 0 Å². The molecule has 0 aromatic rings. The number of carbonyl (C=O) groups excluding carboxylic acids is 2. The van der Waals surface area contributed by atoms with Crippen molar-refractivity contribution in [2.45, 2.75) is 44.9 Å². The molecule has 4 nitrogen and oxygen atoms in total. The Labute approximate surface area is 120 Å². The van der Waals surface area contributed by atoms with Gasteiger partial charge in [-0.25, -0.2) is 0 Å². The number of alkyl halides is 3. The van der Waals surface area contributed by atoms with Crippen LogP contribution in [0.2, 0.25) is 0 Å². The van der Waals surface area contributed by atoms with E-state index in [2.05, 4.69) is 25.4 Å². The molecular formula is C12H19BrF2O4. The summed E-state index contributed by atoms with van der Waals surface area (Å²) in [4.78, 5) is 20.1. The fraction of sp³-hybridized carbons (Fsp3) is 0.833. The van der Waals surface area contributed by atoms with Crippen LogP contribution in [0.5, 0.6) is 0 Å². The maximum atomic E-state index is 13.8. The molecule has 0 atom stereocenters. The maximum Gasteiger partial charge on any atom is 0.330 e. The zero-order valence-corrected chi connectivity index (χ0v) is 12.9. The Balaban J connectivity index is 5.58. The zero-order chi connectivity index (χ0) is 15.1. The Morgan fingerprint density at radius 2 is 1.47 bits per heavy atom. The molecule has 0 spiro atoms. The molecule has 0 aliphatic rings. The highest BCUT2D eigenvalue weighted by atomic mass is 79.9. The minimum absolute atomic E-state index is 0.0881. The van der Waals surface area contributed by atoms with Gasteiger partial charge in [0, 0.05) is 0 Å². The quantitative estimate of drug-likeness (QED) is 0.385. The van der Waals surface area contributed by atoms with Gasteiger partial charge in [0.2, 0.25) is 5.41 Å². The average molecular weight is 345 g/mol. The molecule has 0 saturated carbocycles. The van der Waals surface area contributed by atoms with Gasteiger partial charge < -0.3 is 9.47 Å². The lowest BCUT2D eigenvalue weighted by atomic mass is 9.82. The van der Waals surface area contributed by atoms with Crippen LogP contribution in [-0.2, 0) is 19.1 Å². The van der Waals surface area contributed by atoms with Crippen LogP contribution in [0.15, 0.2) is 0 Å². The molecule has 0 bridgehead atoms. The SMILES string of the molecule is CCCCC(C(=O)OCC)(C(=O)OCC)C(F)(F)Br. The second-order valence-electron chi connectivity index (χ2n) is 3.95. The highest BCUT2D eigenvalue weighted by molar-refractivity contribution is 9.10. The summed E-state index contributed by atoms with van der Waals surface area (Å²) in [6, 6.07) is 0. The lowest BCUT2D eigenvalue weighted by Gasteiger charge is -2.32. The summed E-state index contributed by atoms with van der Waals surface area (Å²) in [6.45, 7) is 4.57. The molecular weight excluding hydrogens is 326 g/mol. The standard InChI is InChI=1S/C12H19BrF2O4/c1-4-7-8-11(12(13,14)15,9(16)18-5-2)10(17)19-6-3/h4-8H2,1-3H3. The number of rotatable bonds is 8. The number of hydrogen-bond acceptors (Lipinski definition) is 4. The molecule has 7 heteroatoms. The van der Waals surface area contributed by atoms with E-state index in [-0.39, 0.29) is 26.1 Å². The normalized spacial score (nSPS) is 12.1. The minimum atomic E-state index is -3.73. The minimum Gasteiger partial charge on any atom is -0.465 e.